The molecule has 2 saturated heterocycles. The van der Waals surface area contributed by atoms with Crippen LogP contribution in [0.2, 0.25) is 0 Å². The van der Waals surface area contributed by atoms with Crippen LogP contribution in [0.3, 0.4) is 0 Å². The molecule has 3 fully saturated rings. The largest absolute Gasteiger partial charge is 0.453 e. The van der Waals surface area contributed by atoms with Gasteiger partial charge in [-0.15, -0.1) is 0 Å². The number of methoxy groups -OCH3 is 1. The van der Waals surface area contributed by atoms with Gasteiger partial charge in [0.15, 0.2) is 0 Å². The topological polar surface area (TPSA) is 178 Å². The average Bonchev–Trinajstić information content (AvgIpc) is 4.06. The molecule has 310 valence electrons. The molecule has 0 radical (unpaired) electrons. The van der Waals surface area contributed by atoms with Gasteiger partial charge in [-0.05, 0) is 81.4 Å². The third-order valence-corrected chi connectivity index (χ3v) is 13.2. The zero-order valence-electron chi connectivity index (χ0n) is 34.9. The second-order valence-electron chi connectivity index (χ2n) is 17.8. The van der Waals surface area contributed by atoms with E-state index in [-0.39, 0.29) is 46.6 Å². The van der Waals surface area contributed by atoms with E-state index in [9.17, 15) is 19.2 Å². The summed E-state index contributed by atoms with van der Waals surface area (Å²) in [6.07, 6.45) is 11.1. The second kappa shape index (κ2) is 16.5. The molecule has 4 N–H and O–H groups in total. The Morgan fingerprint density at radius 1 is 0.862 bits per heavy atom. The Kier molecular flexibility index (Phi) is 11.7. The Bertz CT molecular complexity index is 2130. The summed E-state index contributed by atoms with van der Waals surface area (Å²) in [4.78, 5) is 76.0. The lowest BCUT2D eigenvalue weighted by atomic mass is 9.63. The van der Waals surface area contributed by atoms with E-state index in [0.717, 1.165) is 96.6 Å². The number of nitrogens with zero attached hydrogens (tertiary/aromatic N) is 5. The SMILES string of the molecule is COC(=O)N[C@H](C(=O)N1CCC[C@H]1c1ncc(C2(C)CCC(C)(c3ccc4cc(-c5c[nH]c([C@@H]6CCCN6C(=O)[C@@H](NC=O)C(C)C)n5)ccc4n3)CC2)[nH]1)C(C)C. The molecule has 14 heteroatoms. The minimum atomic E-state index is -0.670. The van der Waals surface area contributed by atoms with Gasteiger partial charge < -0.3 is 35.1 Å². The molecule has 1 aromatic carbocycles. The summed E-state index contributed by atoms with van der Waals surface area (Å²) in [6, 6.07) is 9.03. The van der Waals surface area contributed by atoms with Gasteiger partial charge in [0.1, 0.15) is 23.7 Å². The average molecular weight is 794 g/mol. The maximum Gasteiger partial charge on any atom is 0.407 e. The van der Waals surface area contributed by atoms with Crippen molar-refractivity contribution in [1.29, 1.82) is 0 Å². The molecule has 0 spiro atoms. The lowest BCUT2D eigenvalue weighted by Crippen LogP contribution is -2.51. The molecule has 0 unspecified atom stereocenters. The van der Waals surface area contributed by atoms with Crippen LogP contribution in [0, 0.1) is 11.8 Å². The van der Waals surface area contributed by atoms with Crippen LogP contribution in [0.1, 0.15) is 128 Å². The van der Waals surface area contributed by atoms with Gasteiger partial charge in [-0.3, -0.25) is 19.4 Å². The maximum absolute atomic E-state index is 13.7. The van der Waals surface area contributed by atoms with Crippen molar-refractivity contribution in [2.45, 2.75) is 128 Å². The summed E-state index contributed by atoms with van der Waals surface area (Å²) in [5.74, 6) is 1.26. The molecule has 14 nitrogen and oxygen atoms in total. The molecule has 4 atom stereocenters. The summed E-state index contributed by atoms with van der Waals surface area (Å²) < 4.78 is 4.79. The number of aromatic nitrogens is 5. The third-order valence-electron chi connectivity index (χ3n) is 13.2. The maximum atomic E-state index is 13.7. The van der Waals surface area contributed by atoms with Crippen molar-refractivity contribution in [3.8, 4) is 11.3 Å². The fourth-order valence-electron chi connectivity index (χ4n) is 9.28. The highest BCUT2D eigenvalue weighted by Gasteiger charge is 2.43. The van der Waals surface area contributed by atoms with Crippen molar-refractivity contribution in [2.24, 2.45) is 11.8 Å². The molecule has 4 aromatic rings. The Morgan fingerprint density at radius 2 is 1.50 bits per heavy atom. The number of nitrogens with one attached hydrogen (secondary N) is 4. The fourth-order valence-corrected chi connectivity index (χ4v) is 9.28. The van der Waals surface area contributed by atoms with Crippen LogP contribution < -0.4 is 10.6 Å². The molecule has 58 heavy (non-hydrogen) atoms. The van der Waals surface area contributed by atoms with E-state index in [1.807, 2.05) is 49.9 Å². The first-order valence-corrected chi connectivity index (χ1v) is 20.9. The first-order valence-electron chi connectivity index (χ1n) is 20.9. The summed E-state index contributed by atoms with van der Waals surface area (Å²) in [6.45, 7) is 13.6. The Hall–Kier alpha value is -5.27. The van der Waals surface area contributed by atoms with E-state index >= 15 is 0 Å². The van der Waals surface area contributed by atoms with Crippen molar-refractivity contribution in [1.82, 2.24) is 45.4 Å². The highest BCUT2D eigenvalue weighted by molar-refractivity contribution is 5.87. The molecule has 3 aromatic heterocycles. The number of carbonyl (C=O) groups is 4. The number of ether oxygens (including phenoxy) is 1. The molecule has 5 heterocycles. The predicted molar refractivity (Wildman–Crippen MR) is 220 cm³/mol. The number of benzene rings is 1. The monoisotopic (exact) mass is 793 g/mol. The van der Waals surface area contributed by atoms with Gasteiger partial charge >= 0.3 is 6.09 Å². The van der Waals surface area contributed by atoms with E-state index < -0.39 is 18.2 Å². The number of imidazole rings is 2. The molecule has 7 rings (SSSR count). The summed E-state index contributed by atoms with van der Waals surface area (Å²) in [5, 5.41) is 6.47. The fraction of sp³-hybridized carbons (Fsp3) is 0.568. The zero-order valence-corrected chi connectivity index (χ0v) is 34.9. The minimum Gasteiger partial charge on any atom is -0.453 e. The van der Waals surface area contributed by atoms with Gasteiger partial charge in [-0.25, -0.2) is 14.8 Å². The highest BCUT2D eigenvalue weighted by atomic mass is 16.5. The predicted octanol–water partition coefficient (Wildman–Crippen LogP) is 6.62. The number of carbonyl (C=O) groups excluding carboxylic acids is 4. The number of hydrogen-bond acceptors (Lipinski definition) is 8. The van der Waals surface area contributed by atoms with Crippen molar-refractivity contribution in [3.05, 3.63) is 65.8 Å². The van der Waals surface area contributed by atoms with Crippen LogP contribution in [0.15, 0.2) is 42.7 Å². The Labute approximate surface area is 340 Å². The van der Waals surface area contributed by atoms with Gasteiger partial charge in [0.05, 0.1) is 30.4 Å². The van der Waals surface area contributed by atoms with Crippen molar-refractivity contribution < 1.29 is 23.9 Å². The molecule has 3 aliphatic rings. The van der Waals surface area contributed by atoms with E-state index in [1.54, 1.807) is 0 Å². The number of rotatable bonds is 12. The molecular weight excluding hydrogens is 735 g/mol. The van der Waals surface area contributed by atoms with Crippen molar-refractivity contribution >= 4 is 35.2 Å². The van der Waals surface area contributed by atoms with Gasteiger partial charge in [0.25, 0.3) is 0 Å². The second-order valence-corrected chi connectivity index (χ2v) is 17.8. The molecule has 2 aliphatic heterocycles. The molecular formula is C44H59N9O5. The van der Waals surface area contributed by atoms with E-state index in [1.165, 1.54) is 7.11 Å². The number of alkyl carbamates (subject to hydrolysis) is 1. The molecule has 4 amide bonds. The van der Waals surface area contributed by atoms with Crippen LogP contribution in [-0.4, -0.2) is 91.3 Å². The Balaban J connectivity index is 1.01. The normalized spacial score (nSPS) is 24.6. The lowest BCUT2D eigenvalue weighted by molar-refractivity contribution is -0.137. The van der Waals surface area contributed by atoms with Crippen molar-refractivity contribution in [2.75, 3.05) is 20.2 Å². The zero-order chi connectivity index (χ0) is 41.4. The lowest BCUT2D eigenvalue weighted by Gasteiger charge is -2.42. The van der Waals surface area contributed by atoms with Gasteiger partial charge in [0, 0.05) is 58.7 Å². The highest BCUT2D eigenvalue weighted by Crippen LogP contribution is 2.48. The number of amides is 4. The Morgan fingerprint density at radius 3 is 2.14 bits per heavy atom. The van der Waals surface area contributed by atoms with Gasteiger partial charge in [-0.1, -0.05) is 53.7 Å². The van der Waals surface area contributed by atoms with Crippen LogP contribution in [0.5, 0.6) is 0 Å². The summed E-state index contributed by atoms with van der Waals surface area (Å²) in [7, 11) is 1.30. The van der Waals surface area contributed by atoms with Crippen LogP contribution in [0.4, 0.5) is 4.79 Å². The van der Waals surface area contributed by atoms with Crippen LogP contribution in [0.25, 0.3) is 22.2 Å². The number of H-pyrrole nitrogens is 2. The van der Waals surface area contributed by atoms with Crippen LogP contribution >= 0.6 is 0 Å². The van der Waals surface area contributed by atoms with Gasteiger partial charge in [-0.2, -0.15) is 0 Å². The standard InChI is InChI=1S/C44H59N9O5/c1-26(2)36(47-25-54)40(55)52-20-8-10-32(52)38-45-23-31(49-38)29-12-14-30-28(22-29)13-15-34(48-30)43(5)16-18-44(6,19-17-43)35-24-46-39(50-35)33-11-9-21-53(33)41(56)37(27(3)4)51-42(57)58-7/h12-15,22-27,32-33,36-37H,8-11,16-21H2,1-7H3,(H,45,49)(H,46,50)(H,47,54)(H,51,57)/t32-,33-,36-,37-,43?,44?/m0/s1. The number of pyridine rings is 1. The number of likely N-dealkylation sites (tertiary alicyclic amines) is 2. The van der Waals surface area contributed by atoms with E-state index in [2.05, 4.69) is 64.8 Å². The van der Waals surface area contributed by atoms with Crippen molar-refractivity contribution in [3.63, 3.8) is 0 Å². The molecule has 0 bridgehead atoms. The first kappa shape index (κ1) is 40.9. The number of aromatic amines is 2. The van der Waals surface area contributed by atoms with Crippen LogP contribution in [-0.2, 0) is 30.0 Å². The van der Waals surface area contributed by atoms with Gasteiger partial charge in [0.2, 0.25) is 18.2 Å². The van der Waals surface area contributed by atoms with E-state index in [4.69, 9.17) is 19.7 Å². The summed E-state index contributed by atoms with van der Waals surface area (Å²) >= 11 is 0. The van der Waals surface area contributed by atoms with E-state index in [0.29, 0.717) is 19.5 Å². The smallest absolute Gasteiger partial charge is 0.407 e. The summed E-state index contributed by atoms with van der Waals surface area (Å²) in [5.41, 5.74) is 4.75. The number of fused-ring (bicyclic) bond motifs is 1. The molecule has 1 aliphatic carbocycles. The minimum absolute atomic E-state index is 0.0205. The first-order chi connectivity index (χ1) is 27.7. The quantitative estimate of drug-likeness (QED) is 0.116. The number of hydrogen-bond donors (Lipinski definition) is 4. The molecule has 1 saturated carbocycles. The third kappa shape index (κ3) is 7.94.